The van der Waals surface area contributed by atoms with Gasteiger partial charge in [-0.15, -0.1) is 0 Å². The topological polar surface area (TPSA) is 107 Å². The Kier molecular flexibility index (Phi) is 4.07. The van der Waals surface area contributed by atoms with E-state index in [4.69, 9.17) is 10.5 Å². The molecular formula is C12H14BrN3O4. The zero-order chi connectivity index (χ0) is 14.9. The fourth-order valence-electron chi connectivity index (χ4n) is 1.96. The lowest BCUT2D eigenvalue weighted by Gasteiger charge is -2.21. The largest absolute Gasteiger partial charge is 0.379 e. The molecule has 1 aromatic carbocycles. The minimum atomic E-state index is -1.08. The second kappa shape index (κ2) is 5.47. The molecule has 1 unspecified atom stereocenters. The maximum Gasteiger partial charge on any atom is 0.274 e. The lowest BCUT2D eigenvalue weighted by molar-refractivity contribution is -0.385. The Morgan fingerprint density at radius 2 is 2.30 bits per heavy atom. The highest BCUT2D eigenvalue weighted by Gasteiger charge is 2.38. The molecular weight excluding hydrogens is 330 g/mol. The van der Waals surface area contributed by atoms with E-state index in [1.807, 2.05) is 0 Å². The number of halogens is 1. The van der Waals surface area contributed by atoms with E-state index in [0.29, 0.717) is 28.8 Å². The molecule has 0 saturated carbocycles. The highest BCUT2D eigenvalue weighted by molar-refractivity contribution is 9.10. The molecule has 1 aliphatic rings. The molecule has 0 bridgehead atoms. The van der Waals surface area contributed by atoms with E-state index in [0.717, 1.165) is 0 Å². The molecule has 1 fully saturated rings. The molecule has 0 aromatic heterocycles. The lowest BCUT2D eigenvalue weighted by atomic mass is 9.99. The Labute approximate surface area is 123 Å². The Balaban J connectivity index is 2.27. The fraction of sp³-hybridized carbons (Fsp3) is 0.417. The number of nitrogens with zero attached hydrogens (tertiary/aromatic N) is 1. The molecule has 0 aliphatic carbocycles. The summed E-state index contributed by atoms with van der Waals surface area (Å²) in [6, 6.07) is 2.90. The van der Waals surface area contributed by atoms with Gasteiger partial charge in [-0.05, 0) is 35.3 Å². The molecule has 2 rings (SSSR count). The van der Waals surface area contributed by atoms with Crippen molar-refractivity contribution in [2.24, 2.45) is 5.73 Å². The van der Waals surface area contributed by atoms with Gasteiger partial charge in [0.15, 0.2) is 0 Å². The van der Waals surface area contributed by atoms with Crippen molar-refractivity contribution in [3.05, 3.63) is 32.3 Å². The summed E-state index contributed by atoms with van der Waals surface area (Å²) in [6.45, 7) is 2.20. The van der Waals surface area contributed by atoms with Crippen LogP contribution in [0.1, 0.15) is 12.0 Å². The van der Waals surface area contributed by atoms with Gasteiger partial charge in [0.1, 0.15) is 5.54 Å². The zero-order valence-corrected chi connectivity index (χ0v) is 12.4. The maximum atomic E-state index is 12.1. The van der Waals surface area contributed by atoms with Crippen LogP contribution in [-0.4, -0.2) is 29.6 Å². The number of nitro groups is 1. The van der Waals surface area contributed by atoms with E-state index in [9.17, 15) is 14.9 Å². The van der Waals surface area contributed by atoms with Gasteiger partial charge in [-0.25, -0.2) is 0 Å². The molecule has 1 saturated heterocycles. The van der Waals surface area contributed by atoms with E-state index < -0.39 is 16.4 Å². The summed E-state index contributed by atoms with van der Waals surface area (Å²) in [5, 5.41) is 13.5. The Morgan fingerprint density at radius 1 is 1.60 bits per heavy atom. The Hall–Kier alpha value is -1.51. The van der Waals surface area contributed by atoms with Crippen LogP contribution in [0.2, 0.25) is 0 Å². The second-order valence-corrected chi connectivity index (χ2v) is 5.64. The third-order valence-electron chi connectivity index (χ3n) is 3.23. The first-order valence-corrected chi connectivity index (χ1v) is 6.75. The van der Waals surface area contributed by atoms with Crippen LogP contribution < -0.4 is 11.1 Å². The number of hydrogen-bond acceptors (Lipinski definition) is 5. The van der Waals surface area contributed by atoms with E-state index >= 15 is 0 Å². The van der Waals surface area contributed by atoms with Gasteiger partial charge in [0.2, 0.25) is 5.91 Å². The van der Waals surface area contributed by atoms with Gasteiger partial charge in [-0.3, -0.25) is 14.9 Å². The van der Waals surface area contributed by atoms with Gasteiger partial charge in [-0.1, -0.05) is 0 Å². The van der Waals surface area contributed by atoms with Gasteiger partial charge in [0.25, 0.3) is 5.69 Å². The van der Waals surface area contributed by atoms with Crippen LogP contribution in [0.4, 0.5) is 11.4 Å². The van der Waals surface area contributed by atoms with Crippen molar-refractivity contribution in [1.82, 2.24) is 0 Å². The number of nitro benzene ring substituents is 1. The van der Waals surface area contributed by atoms with Crippen LogP contribution in [0.3, 0.4) is 0 Å². The monoisotopic (exact) mass is 343 g/mol. The summed E-state index contributed by atoms with van der Waals surface area (Å²) in [6.07, 6.45) is 0.421. The van der Waals surface area contributed by atoms with Crippen molar-refractivity contribution >= 4 is 33.2 Å². The first-order chi connectivity index (χ1) is 9.33. The number of rotatable bonds is 3. The number of anilines is 1. The molecule has 0 radical (unpaired) electrons. The predicted molar refractivity (Wildman–Crippen MR) is 76.5 cm³/mol. The van der Waals surface area contributed by atoms with Gasteiger partial charge in [0.05, 0.1) is 17.2 Å². The molecule has 1 amide bonds. The van der Waals surface area contributed by atoms with Crippen molar-refractivity contribution in [2.75, 3.05) is 18.5 Å². The van der Waals surface area contributed by atoms with Crippen molar-refractivity contribution in [3.8, 4) is 0 Å². The van der Waals surface area contributed by atoms with Crippen LogP contribution in [0.25, 0.3) is 0 Å². The number of carbonyl (C=O) groups is 1. The molecule has 7 nitrogen and oxygen atoms in total. The molecule has 1 atom stereocenters. The second-order valence-electron chi connectivity index (χ2n) is 4.79. The average molecular weight is 344 g/mol. The number of carbonyl (C=O) groups excluding carboxylic acids is 1. The predicted octanol–water partition coefficient (Wildman–Crippen LogP) is 1.72. The van der Waals surface area contributed by atoms with Crippen molar-refractivity contribution in [3.63, 3.8) is 0 Å². The molecule has 8 heteroatoms. The summed E-state index contributed by atoms with van der Waals surface area (Å²) < 4.78 is 5.69. The third kappa shape index (κ3) is 2.82. The summed E-state index contributed by atoms with van der Waals surface area (Å²) in [4.78, 5) is 22.6. The number of nitrogens with two attached hydrogens (primary N) is 1. The van der Waals surface area contributed by atoms with Crippen molar-refractivity contribution < 1.29 is 14.5 Å². The number of hydrogen-bond donors (Lipinski definition) is 2. The number of nitrogens with one attached hydrogen (secondary N) is 1. The first kappa shape index (κ1) is 14.9. The quantitative estimate of drug-likeness (QED) is 0.641. The van der Waals surface area contributed by atoms with E-state index in [1.54, 1.807) is 13.0 Å². The van der Waals surface area contributed by atoms with Crippen molar-refractivity contribution in [1.29, 1.82) is 0 Å². The van der Waals surface area contributed by atoms with Gasteiger partial charge < -0.3 is 15.8 Å². The SMILES string of the molecule is Cc1cc(Br)c(NC(=O)C2(N)CCOC2)cc1[N+](=O)[O-]. The van der Waals surface area contributed by atoms with Crippen molar-refractivity contribution in [2.45, 2.75) is 18.9 Å². The molecule has 1 heterocycles. The average Bonchev–Trinajstić information content (AvgIpc) is 2.80. The Bertz CT molecular complexity index is 570. The molecule has 108 valence electrons. The standard InChI is InChI=1S/C12H14BrN3O4/c1-7-4-8(13)9(5-10(7)16(18)19)15-11(17)12(14)2-3-20-6-12/h4-5H,2-3,6,14H2,1H3,(H,15,17). The highest BCUT2D eigenvalue weighted by atomic mass is 79.9. The third-order valence-corrected chi connectivity index (χ3v) is 3.89. The van der Waals surface area contributed by atoms with E-state index in [1.165, 1.54) is 6.07 Å². The summed E-state index contributed by atoms with van der Waals surface area (Å²) in [5.41, 5.74) is 5.63. The lowest BCUT2D eigenvalue weighted by Crippen LogP contribution is -2.51. The fourth-order valence-corrected chi connectivity index (χ4v) is 2.52. The minimum absolute atomic E-state index is 0.0581. The van der Waals surface area contributed by atoms with Crippen LogP contribution in [-0.2, 0) is 9.53 Å². The number of amides is 1. The zero-order valence-electron chi connectivity index (χ0n) is 10.8. The van der Waals surface area contributed by atoms with Crippen LogP contribution >= 0.6 is 15.9 Å². The smallest absolute Gasteiger partial charge is 0.274 e. The van der Waals surface area contributed by atoms with Gasteiger partial charge >= 0.3 is 0 Å². The first-order valence-electron chi connectivity index (χ1n) is 5.96. The number of benzene rings is 1. The molecule has 1 aromatic rings. The Morgan fingerprint density at radius 3 is 2.85 bits per heavy atom. The minimum Gasteiger partial charge on any atom is -0.379 e. The molecule has 3 N–H and O–H groups in total. The molecule has 0 spiro atoms. The van der Waals surface area contributed by atoms with Gasteiger partial charge in [0, 0.05) is 22.7 Å². The highest BCUT2D eigenvalue weighted by Crippen LogP contribution is 2.31. The van der Waals surface area contributed by atoms with Gasteiger partial charge in [-0.2, -0.15) is 0 Å². The van der Waals surface area contributed by atoms with Crippen LogP contribution in [0.15, 0.2) is 16.6 Å². The number of aryl methyl sites for hydroxylation is 1. The van der Waals surface area contributed by atoms with Crippen LogP contribution in [0.5, 0.6) is 0 Å². The summed E-state index contributed by atoms with van der Waals surface area (Å²) >= 11 is 3.28. The van der Waals surface area contributed by atoms with Crippen LogP contribution in [0, 0.1) is 17.0 Å². The molecule has 1 aliphatic heterocycles. The van der Waals surface area contributed by atoms with E-state index in [-0.39, 0.29) is 12.3 Å². The van der Waals surface area contributed by atoms with E-state index in [2.05, 4.69) is 21.2 Å². The number of ether oxygens (including phenoxy) is 1. The summed E-state index contributed by atoms with van der Waals surface area (Å²) in [7, 11) is 0. The maximum absolute atomic E-state index is 12.1. The normalized spacial score (nSPS) is 21.8. The summed E-state index contributed by atoms with van der Waals surface area (Å²) in [5.74, 6) is -0.408. The molecule has 20 heavy (non-hydrogen) atoms.